The Kier molecular flexibility index (Phi) is 9.17. The molecule has 1 aromatic heterocycles. The second-order valence-corrected chi connectivity index (χ2v) is 7.39. The van der Waals surface area contributed by atoms with Gasteiger partial charge in [0.15, 0.2) is 5.78 Å². The minimum absolute atomic E-state index is 0.0449. The fraction of sp³-hybridized carbons (Fsp3) is 0.333. The molecule has 2 amide bonds. The molecule has 0 bridgehead atoms. The van der Waals surface area contributed by atoms with Crippen molar-refractivity contribution in [3.63, 3.8) is 0 Å². The maximum atomic E-state index is 13.1. The standard InChI is InChI=1S/C21H23FN2O4S/c22-16-4-1-3-15(13-16)14-21(28)24-11-10-23-20(27)9-7-17(25)6-8-18(26)19-5-2-12-29-19/h1-5,12-13H,6-11,14H2,(H,23,27)(H,24,28). The number of rotatable bonds is 12. The van der Waals surface area contributed by atoms with Crippen molar-refractivity contribution in [1.29, 1.82) is 0 Å². The quantitative estimate of drug-likeness (QED) is 0.409. The van der Waals surface area contributed by atoms with Crippen LogP contribution in [-0.2, 0) is 20.8 Å². The minimum atomic E-state index is -0.395. The highest BCUT2D eigenvalue weighted by Crippen LogP contribution is 2.13. The number of amides is 2. The number of ketones is 2. The number of halogens is 1. The highest BCUT2D eigenvalue weighted by atomic mass is 32.1. The summed E-state index contributed by atoms with van der Waals surface area (Å²) in [5, 5.41) is 7.07. The van der Waals surface area contributed by atoms with Gasteiger partial charge in [0, 0.05) is 38.8 Å². The predicted molar refractivity (Wildman–Crippen MR) is 108 cm³/mol. The van der Waals surface area contributed by atoms with Crippen LogP contribution in [0.4, 0.5) is 4.39 Å². The molecular weight excluding hydrogens is 395 g/mol. The van der Waals surface area contributed by atoms with Crippen LogP contribution in [0.1, 0.15) is 40.9 Å². The lowest BCUT2D eigenvalue weighted by molar-refractivity contribution is -0.125. The van der Waals surface area contributed by atoms with Crippen LogP contribution in [0.2, 0.25) is 0 Å². The topological polar surface area (TPSA) is 92.3 Å². The van der Waals surface area contributed by atoms with Gasteiger partial charge in [-0.2, -0.15) is 0 Å². The summed E-state index contributed by atoms with van der Waals surface area (Å²) in [7, 11) is 0. The third-order valence-electron chi connectivity index (χ3n) is 4.08. The lowest BCUT2D eigenvalue weighted by Crippen LogP contribution is -2.35. The summed E-state index contributed by atoms with van der Waals surface area (Å²) < 4.78 is 13.1. The van der Waals surface area contributed by atoms with E-state index in [4.69, 9.17) is 0 Å². The fourth-order valence-electron chi connectivity index (χ4n) is 2.58. The first-order valence-corrected chi connectivity index (χ1v) is 10.2. The van der Waals surface area contributed by atoms with Crippen LogP contribution < -0.4 is 10.6 Å². The second kappa shape index (κ2) is 11.9. The monoisotopic (exact) mass is 418 g/mol. The van der Waals surface area contributed by atoms with Crippen LogP contribution in [0, 0.1) is 5.82 Å². The molecule has 0 aliphatic carbocycles. The lowest BCUT2D eigenvalue weighted by Gasteiger charge is -2.07. The molecule has 2 rings (SSSR count). The van der Waals surface area contributed by atoms with Gasteiger partial charge in [0.1, 0.15) is 11.6 Å². The van der Waals surface area contributed by atoms with Crippen molar-refractivity contribution in [2.24, 2.45) is 0 Å². The van der Waals surface area contributed by atoms with E-state index in [0.29, 0.717) is 10.4 Å². The second-order valence-electron chi connectivity index (χ2n) is 6.45. The summed E-state index contributed by atoms with van der Waals surface area (Å²) in [4.78, 5) is 47.8. The summed E-state index contributed by atoms with van der Waals surface area (Å²) >= 11 is 1.34. The van der Waals surface area contributed by atoms with Gasteiger partial charge in [-0.25, -0.2) is 4.39 Å². The number of benzene rings is 1. The first kappa shape index (κ1) is 22.4. The lowest BCUT2D eigenvalue weighted by atomic mass is 10.1. The van der Waals surface area contributed by atoms with Crippen molar-refractivity contribution < 1.29 is 23.6 Å². The molecule has 2 aromatic rings. The maximum Gasteiger partial charge on any atom is 0.224 e. The summed E-state index contributed by atoms with van der Waals surface area (Å²) in [5.41, 5.74) is 0.572. The molecule has 154 valence electrons. The molecule has 0 radical (unpaired) electrons. The Bertz CT molecular complexity index is 852. The molecule has 0 spiro atoms. The summed E-state index contributed by atoms with van der Waals surface area (Å²) in [5.74, 6) is -1.15. The number of thiophene rings is 1. The van der Waals surface area contributed by atoms with Gasteiger partial charge in [-0.3, -0.25) is 19.2 Å². The van der Waals surface area contributed by atoms with Crippen LogP contribution in [0.5, 0.6) is 0 Å². The number of hydrogen-bond acceptors (Lipinski definition) is 5. The molecule has 1 aromatic carbocycles. The molecule has 0 saturated carbocycles. The van der Waals surface area contributed by atoms with Crippen LogP contribution in [0.25, 0.3) is 0 Å². The third kappa shape index (κ3) is 8.78. The summed E-state index contributed by atoms with van der Waals surface area (Å²) in [6.45, 7) is 0.474. The van der Waals surface area contributed by atoms with Crippen molar-refractivity contribution in [2.75, 3.05) is 13.1 Å². The Morgan fingerprint density at radius 3 is 2.28 bits per heavy atom. The molecule has 29 heavy (non-hydrogen) atoms. The third-order valence-corrected chi connectivity index (χ3v) is 4.99. The van der Waals surface area contributed by atoms with Gasteiger partial charge < -0.3 is 10.6 Å². The van der Waals surface area contributed by atoms with Gasteiger partial charge in [0.25, 0.3) is 0 Å². The molecule has 2 N–H and O–H groups in total. The van der Waals surface area contributed by atoms with Gasteiger partial charge in [0.2, 0.25) is 11.8 Å². The van der Waals surface area contributed by atoms with Crippen molar-refractivity contribution in [1.82, 2.24) is 10.6 Å². The Balaban J connectivity index is 1.53. The zero-order valence-electron chi connectivity index (χ0n) is 15.9. The maximum absolute atomic E-state index is 13.1. The van der Waals surface area contributed by atoms with Crippen LogP contribution in [-0.4, -0.2) is 36.5 Å². The van der Waals surface area contributed by atoms with Crippen LogP contribution in [0.3, 0.4) is 0 Å². The van der Waals surface area contributed by atoms with Gasteiger partial charge in [-0.05, 0) is 29.1 Å². The molecule has 0 aliphatic heterocycles. The molecule has 1 heterocycles. The average Bonchev–Trinajstić information content (AvgIpc) is 3.23. The van der Waals surface area contributed by atoms with E-state index in [1.165, 1.54) is 29.5 Å². The Labute approximate surface area is 172 Å². The number of nitrogens with one attached hydrogen (secondary N) is 2. The molecular formula is C21H23FN2O4S. The average molecular weight is 418 g/mol. The van der Waals surface area contributed by atoms with Crippen LogP contribution >= 0.6 is 11.3 Å². The predicted octanol–water partition coefficient (Wildman–Crippen LogP) is 2.67. The van der Waals surface area contributed by atoms with E-state index in [1.54, 1.807) is 18.2 Å². The fourth-order valence-corrected chi connectivity index (χ4v) is 3.27. The number of carbonyl (C=O) groups is 4. The largest absolute Gasteiger partial charge is 0.354 e. The molecule has 0 saturated heterocycles. The van der Waals surface area contributed by atoms with E-state index in [2.05, 4.69) is 10.6 Å². The molecule has 0 atom stereocenters. The van der Waals surface area contributed by atoms with E-state index < -0.39 is 5.82 Å². The number of hydrogen-bond donors (Lipinski definition) is 2. The normalized spacial score (nSPS) is 10.4. The smallest absolute Gasteiger partial charge is 0.224 e. The van der Waals surface area contributed by atoms with Gasteiger partial charge >= 0.3 is 0 Å². The SMILES string of the molecule is O=C(CCC(=O)NCCNC(=O)Cc1cccc(F)c1)CCC(=O)c1cccs1. The van der Waals surface area contributed by atoms with Crippen LogP contribution in [0.15, 0.2) is 41.8 Å². The summed E-state index contributed by atoms with van der Waals surface area (Å²) in [6, 6.07) is 9.32. The summed E-state index contributed by atoms with van der Waals surface area (Å²) in [6.07, 6.45) is 0.460. The zero-order chi connectivity index (χ0) is 21.1. The van der Waals surface area contributed by atoms with E-state index in [9.17, 15) is 23.6 Å². The van der Waals surface area contributed by atoms with E-state index in [-0.39, 0.29) is 68.6 Å². The molecule has 0 unspecified atom stereocenters. The highest BCUT2D eigenvalue weighted by molar-refractivity contribution is 7.12. The first-order valence-electron chi connectivity index (χ1n) is 9.30. The van der Waals surface area contributed by atoms with Gasteiger partial charge in [-0.1, -0.05) is 18.2 Å². The highest BCUT2D eigenvalue weighted by Gasteiger charge is 2.12. The van der Waals surface area contributed by atoms with Gasteiger partial charge in [-0.15, -0.1) is 11.3 Å². The van der Waals surface area contributed by atoms with Gasteiger partial charge in [0.05, 0.1) is 11.3 Å². The van der Waals surface area contributed by atoms with E-state index in [0.717, 1.165) is 0 Å². The van der Waals surface area contributed by atoms with E-state index in [1.807, 2.05) is 5.38 Å². The van der Waals surface area contributed by atoms with Crippen molar-refractivity contribution in [2.45, 2.75) is 32.1 Å². The Morgan fingerprint density at radius 1 is 0.862 bits per heavy atom. The van der Waals surface area contributed by atoms with Crippen molar-refractivity contribution >= 4 is 34.7 Å². The zero-order valence-corrected chi connectivity index (χ0v) is 16.7. The molecule has 6 nitrogen and oxygen atoms in total. The molecule has 8 heteroatoms. The van der Waals surface area contributed by atoms with Crippen molar-refractivity contribution in [3.8, 4) is 0 Å². The molecule has 0 fully saturated rings. The van der Waals surface area contributed by atoms with E-state index >= 15 is 0 Å². The van der Waals surface area contributed by atoms with Crippen molar-refractivity contribution in [3.05, 3.63) is 58.0 Å². The number of Topliss-reactive ketones (excluding diaryl/α,β-unsaturated/α-hetero) is 2. The first-order chi connectivity index (χ1) is 13.9. The minimum Gasteiger partial charge on any atom is -0.354 e. The Hall–Kier alpha value is -2.87. The number of carbonyl (C=O) groups excluding carboxylic acids is 4. The molecule has 0 aliphatic rings. The Morgan fingerprint density at radius 2 is 1.59 bits per heavy atom.